The zero-order chi connectivity index (χ0) is 19.4. The molecule has 1 N–H and O–H groups in total. The number of carbonyl (C=O) groups is 2. The largest absolute Gasteiger partial charge is 0.448 e. The third-order valence-electron chi connectivity index (χ3n) is 3.98. The van der Waals surface area contributed by atoms with Gasteiger partial charge < -0.3 is 10.1 Å². The summed E-state index contributed by atoms with van der Waals surface area (Å²) < 4.78 is 5.30. The average molecular weight is 414 g/mol. The molecule has 7 heteroatoms. The number of halogens is 2. The van der Waals surface area contributed by atoms with Crippen LogP contribution >= 0.6 is 34.5 Å². The van der Waals surface area contributed by atoms with Gasteiger partial charge >= 0.3 is 5.97 Å². The highest BCUT2D eigenvalue weighted by Crippen LogP contribution is 2.26. The lowest BCUT2D eigenvalue weighted by Gasteiger charge is -2.19. The van der Waals surface area contributed by atoms with Crippen molar-refractivity contribution in [2.24, 2.45) is 0 Å². The molecule has 0 aliphatic heterocycles. The molecule has 2 atom stereocenters. The Labute approximate surface area is 167 Å². The minimum Gasteiger partial charge on any atom is -0.448 e. The number of benzene rings is 1. The van der Waals surface area contributed by atoms with Gasteiger partial charge in [0.25, 0.3) is 5.91 Å². The van der Waals surface area contributed by atoms with Crippen LogP contribution in [-0.2, 0) is 16.0 Å². The van der Waals surface area contributed by atoms with Gasteiger partial charge in [0.1, 0.15) is 4.88 Å². The van der Waals surface area contributed by atoms with Gasteiger partial charge in [-0.05, 0) is 56.5 Å². The maximum Gasteiger partial charge on any atom is 0.349 e. The molecular weight excluding hydrogens is 393 g/mol. The molecule has 0 fully saturated rings. The molecule has 0 saturated heterocycles. The van der Waals surface area contributed by atoms with Crippen LogP contribution in [0.4, 0.5) is 0 Å². The first-order valence-electron chi connectivity index (χ1n) is 8.28. The number of thiophene rings is 1. The highest BCUT2D eigenvalue weighted by atomic mass is 35.5. The van der Waals surface area contributed by atoms with Crippen LogP contribution in [-0.4, -0.2) is 18.0 Å². The smallest absolute Gasteiger partial charge is 0.349 e. The Morgan fingerprint density at radius 3 is 2.50 bits per heavy atom. The van der Waals surface area contributed by atoms with E-state index in [1.807, 2.05) is 13.8 Å². The lowest BCUT2D eigenvalue weighted by Crippen LogP contribution is -2.37. The highest BCUT2D eigenvalue weighted by Gasteiger charge is 2.23. The van der Waals surface area contributed by atoms with Crippen molar-refractivity contribution in [1.82, 2.24) is 5.32 Å². The number of carbonyl (C=O) groups excluding carboxylic acids is 2. The Morgan fingerprint density at radius 2 is 1.92 bits per heavy atom. The second kappa shape index (κ2) is 8.89. The Bertz CT molecular complexity index is 819. The molecule has 26 heavy (non-hydrogen) atoms. The molecular formula is C19H21Cl2NO3S. The van der Waals surface area contributed by atoms with Crippen LogP contribution in [0.2, 0.25) is 10.0 Å². The van der Waals surface area contributed by atoms with Crippen molar-refractivity contribution in [1.29, 1.82) is 0 Å². The van der Waals surface area contributed by atoms with Crippen LogP contribution in [0.1, 0.15) is 52.5 Å². The molecule has 0 unspecified atom stereocenters. The summed E-state index contributed by atoms with van der Waals surface area (Å²) in [5.74, 6) is -0.876. The molecule has 0 saturated carbocycles. The number of ether oxygens (including phenoxy) is 1. The first-order valence-corrected chi connectivity index (χ1v) is 9.85. The van der Waals surface area contributed by atoms with E-state index in [9.17, 15) is 9.59 Å². The molecule has 0 aliphatic carbocycles. The summed E-state index contributed by atoms with van der Waals surface area (Å²) in [5, 5.41) is 3.79. The van der Waals surface area contributed by atoms with E-state index in [0.29, 0.717) is 14.9 Å². The quantitative estimate of drug-likeness (QED) is 0.649. The fourth-order valence-corrected chi connectivity index (χ4v) is 4.07. The van der Waals surface area contributed by atoms with Gasteiger partial charge in [0.05, 0.1) is 6.04 Å². The minimum atomic E-state index is -0.913. The summed E-state index contributed by atoms with van der Waals surface area (Å²) in [5.41, 5.74) is 1.80. The molecule has 1 heterocycles. The summed E-state index contributed by atoms with van der Waals surface area (Å²) in [4.78, 5) is 26.3. The van der Waals surface area contributed by atoms with Gasteiger partial charge in [0.2, 0.25) is 0 Å². The number of rotatable bonds is 6. The maximum absolute atomic E-state index is 12.3. The number of esters is 1. The van der Waals surface area contributed by atoms with Gasteiger partial charge in [-0.1, -0.05) is 36.2 Å². The Morgan fingerprint density at radius 1 is 1.23 bits per heavy atom. The topological polar surface area (TPSA) is 55.4 Å². The van der Waals surface area contributed by atoms with Gasteiger partial charge in [-0.3, -0.25) is 4.79 Å². The number of hydrogen-bond donors (Lipinski definition) is 1. The monoisotopic (exact) mass is 413 g/mol. The second-order valence-corrected chi connectivity index (χ2v) is 7.99. The van der Waals surface area contributed by atoms with Crippen molar-refractivity contribution in [3.63, 3.8) is 0 Å². The molecule has 2 rings (SSSR count). The van der Waals surface area contributed by atoms with Gasteiger partial charge in [0, 0.05) is 14.9 Å². The van der Waals surface area contributed by atoms with Crippen molar-refractivity contribution in [3.8, 4) is 0 Å². The van der Waals surface area contributed by atoms with Gasteiger partial charge in [0.15, 0.2) is 6.10 Å². The molecule has 0 bridgehead atoms. The summed E-state index contributed by atoms with van der Waals surface area (Å²) in [6.45, 7) is 7.34. The lowest BCUT2D eigenvalue weighted by atomic mass is 10.1. The molecule has 0 aliphatic rings. The SMILES string of the molecule is CCc1sc(C(=O)O[C@@H](C)C(=O)N[C@@H](C)c2ccc(Cl)cc2Cl)cc1C. The molecule has 4 nitrogen and oxygen atoms in total. The maximum atomic E-state index is 12.3. The summed E-state index contributed by atoms with van der Waals surface area (Å²) >= 11 is 13.5. The third kappa shape index (κ3) is 5.00. The van der Waals surface area contributed by atoms with Crippen LogP contribution < -0.4 is 5.32 Å². The molecule has 0 radical (unpaired) electrons. The Hall–Kier alpha value is -1.56. The lowest BCUT2D eigenvalue weighted by molar-refractivity contribution is -0.129. The van der Waals surface area contributed by atoms with E-state index in [1.54, 1.807) is 38.1 Å². The normalized spacial score (nSPS) is 13.2. The molecule has 1 aromatic heterocycles. The highest BCUT2D eigenvalue weighted by molar-refractivity contribution is 7.14. The van der Waals surface area contributed by atoms with E-state index >= 15 is 0 Å². The van der Waals surface area contributed by atoms with Crippen LogP contribution in [0.5, 0.6) is 0 Å². The van der Waals surface area contributed by atoms with Crippen LogP contribution in [0.25, 0.3) is 0 Å². The molecule has 140 valence electrons. The second-order valence-electron chi connectivity index (χ2n) is 6.01. The zero-order valence-corrected chi connectivity index (χ0v) is 17.4. The van der Waals surface area contributed by atoms with Crippen molar-refractivity contribution in [3.05, 3.63) is 55.2 Å². The number of aryl methyl sites for hydroxylation is 2. The van der Waals surface area contributed by atoms with Crippen molar-refractivity contribution in [2.45, 2.75) is 46.3 Å². The van der Waals surface area contributed by atoms with Crippen molar-refractivity contribution >= 4 is 46.4 Å². The average Bonchev–Trinajstić information content (AvgIpc) is 2.95. The summed E-state index contributed by atoms with van der Waals surface area (Å²) in [7, 11) is 0. The zero-order valence-electron chi connectivity index (χ0n) is 15.1. The fraction of sp³-hybridized carbons (Fsp3) is 0.368. The van der Waals surface area contributed by atoms with Gasteiger partial charge in [-0.2, -0.15) is 0 Å². The van der Waals surface area contributed by atoms with E-state index in [0.717, 1.165) is 22.4 Å². The fourth-order valence-electron chi connectivity index (χ4n) is 2.50. The number of nitrogens with one attached hydrogen (secondary N) is 1. The van der Waals surface area contributed by atoms with Crippen LogP contribution in [0.15, 0.2) is 24.3 Å². The molecule has 1 aromatic carbocycles. The van der Waals surface area contributed by atoms with E-state index in [4.69, 9.17) is 27.9 Å². The first-order chi connectivity index (χ1) is 12.2. The van der Waals surface area contributed by atoms with Crippen molar-refractivity contribution in [2.75, 3.05) is 0 Å². The predicted octanol–water partition coefficient (Wildman–Crippen LogP) is 5.35. The standard InChI is InChI=1S/C19H21Cl2NO3S/c1-5-16-10(2)8-17(26-16)19(24)25-12(4)18(23)22-11(3)14-7-6-13(20)9-15(14)21/h6-9,11-12H,5H2,1-4H3,(H,22,23)/t11-,12-/m0/s1. The van der Waals surface area contributed by atoms with Crippen molar-refractivity contribution < 1.29 is 14.3 Å². The van der Waals surface area contributed by atoms with E-state index in [-0.39, 0.29) is 11.9 Å². The van der Waals surface area contributed by atoms with E-state index in [2.05, 4.69) is 5.32 Å². The van der Waals surface area contributed by atoms with Crippen LogP contribution in [0.3, 0.4) is 0 Å². The molecule has 0 spiro atoms. The summed E-state index contributed by atoms with van der Waals surface area (Å²) in [6.07, 6.45) is -0.0531. The van der Waals surface area contributed by atoms with E-state index < -0.39 is 12.1 Å². The third-order valence-corrected chi connectivity index (χ3v) is 5.91. The van der Waals surface area contributed by atoms with Crippen LogP contribution in [0, 0.1) is 6.92 Å². The first kappa shape index (κ1) is 20.7. The number of hydrogen-bond acceptors (Lipinski definition) is 4. The molecule has 2 aromatic rings. The summed E-state index contributed by atoms with van der Waals surface area (Å²) in [6, 6.07) is 6.54. The van der Waals surface area contributed by atoms with Gasteiger partial charge in [-0.15, -0.1) is 11.3 Å². The molecule has 1 amide bonds. The minimum absolute atomic E-state index is 0.343. The number of amides is 1. The predicted molar refractivity (Wildman–Crippen MR) is 106 cm³/mol. The Balaban J connectivity index is 1.99. The van der Waals surface area contributed by atoms with Gasteiger partial charge in [-0.25, -0.2) is 4.79 Å². The Kier molecular flexibility index (Phi) is 7.09. The van der Waals surface area contributed by atoms with E-state index in [1.165, 1.54) is 11.3 Å².